The molecular formula is C18H16FN5S. The van der Waals surface area contributed by atoms with Gasteiger partial charge in [-0.3, -0.25) is 4.57 Å². The number of fused-ring (bicyclic) bond motifs is 1. The molecule has 25 heavy (non-hydrogen) atoms. The van der Waals surface area contributed by atoms with Crippen molar-refractivity contribution in [3.8, 4) is 5.95 Å². The van der Waals surface area contributed by atoms with E-state index in [1.807, 2.05) is 24.6 Å². The van der Waals surface area contributed by atoms with Crippen molar-refractivity contribution >= 4 is 27.4 Å². The van der Waals surface area contributed by atoms with Gasteiger partial charge in [0, 0.05) is 18.9 Å². The maximum absolute atomic E-state index is 13.1. The molecule has 1 aromatic carbocycles. The fourth-order valence-electron chi connectivity index (χ4n) is 2.69. The van der Waals surface area contributed by atoms with E-state index in [4.69, 9.17) is 4.98 Å². The van der Waals surface area contributed by atoms with Crippen LogP contribution in [0.5, 0.6) is 0 Å². The van der Waals surface area contributed by atoms with E-state index in [2.05, 4.69) is 20.7 Å². The van der Waals surface area contributed by atoms with Gasteiger partial charge in [0.1, 0.15) is 22.3 Å². The minimum Gasteiger partial charge on any atom is -0.365 e. The van der Waals surface area contributed by atoms with Gasteiger partial charge in [-0.05, 0) is 42.5 Å². The molecule has 0 amide bonds. The van der Waals surface area contributed by atoms with E-state index in [9.17, 15) is 4.39 Å². The lowest BCUT2D eigenvalue weighted by Gasteiger charge is -2.11. The normalized spacial score (nSPS) is 11.2. The molecule has 0 atom stereocenters. The summed E-state index contributed by atoms with van der Waals surface area (Å²) in [7, 11) is 0. The molecule has 3 heterocycles. The second kappa shape index (κ2) is 6.25. The number of anilines is 1. The van der Waals surface area contributed by atoms with E-state index in [0.29, 0.717) is 12.5 Å². The van der Waals surface area contributed by atoms with Crippen molar-refractivity contribution in [2.75, 3.05) is 5.32 Å². The van der Waals surface area contributed by atoms with Crippen molar-refractivity contribution in [3.05, 3.63) is 64.8 Å². The van der Waals surface area contributed by atoms with Crippen LogP contribution in [0.4, 0.5) is 10.2 Å². The fraction of sp³-hybridized carbons (Fsp3) is 0.167. The first-order valence-electron chi connectivity index (χ1n) is 7.86. The van der Waals surface area contributed by atoms with Crippen LogP contribution in [0.2, 0.25) is 0 Å². The molecule has 0 radical (unpaired) electrons. The molecule has 0 saturated heterocycles. The van der Waals surface area contributed by atoms with E-state index in [1.165, 1.54) is 12.1 Å². The van der Waals surface area contributed by atoms with Crippen LogP contribution in [0.3, 0.4) is 0 Å². The van der Waals surface area contributed by atoms with Crippen LogP contribution < -0.4 is 5.32 Å². The van der Waals surface area contributed by atoms with Gasteiger partial charge in [-0.1, -0.05) is 12.1 Å². The number of aryl methyl sites for hydroxylation is 2. The summed E-state index contributed by atoms with van der Waals surface area (Å²) in [6, 6.07) is 6.45. The highest BCUT2D eigenvalue weighted by Gasteiger charge is 2.14. The van der Waals surface area contributed by atoms with Gasteiger partial charge in [0.05, 0.1) is 5.39 Å². The largest absolute Gasteiger partial charge is 0.365 e. The summed E-state index contributed by atoms with van der Waals surface area (Å²) in [6.07, 6.45) is 3.58. The zero-order valence-electron chi connectivity index (χ0n) is 13.8. The fourth-order valence-corrected chi connectivity index (χ4v) is 3.60. The predicted octanol–water partition coefficient (Wildman–Crippen LogP) is 4.25. The second-order valence-corrected chi connectivity index (χ2v) is 6.65. The Morgan fingerprint density at radius 2 is 1.96 bits per heavy atom. The molecule has 3 aromatic heterocycles. The number of rotatable bonds is 4. The van der Waals surface area contributed by atoms with Gasteiger partial charge in [-0.15, -0.1) is 11.3 Å². The molecule has 0 unspecified atom stereocenters. The van der Waals surface area contributed by atoms with Crippen molar-refractivity contribution in [2.45, 2.75) is 20.4 Å². The Bertz CT molecular complexity index is 1040. The van der Waals surface area contributed by atoms with Crippen LogP contribution in [-0.2, 0) is 6.54 Å². The van der Waals surface area contributed by atoms with Crippen molar-refractivity contribution in [1.29, 1.82) is 0 Å². The molecular weight excluding hydrogens is 337 g/mol. The third-order valence-electron chi connectivity index (χ3n) is 4.02. The summed E-state index contributed by atoms with van der Waals surface area (Å²) in [5.41, 5.74) is 2.12. The van der Waals surface area contributed by atoms with Crippen LogP contribution in [-0.4, -0.2) is 19.5 Å². The van der Waals surface area contributed by atoms with Gasteiger partial charge in [0.2, 0.25) is 5.95 Å². The van der Waals surface area contributed by atoms with Gasteiger partial charge in [0.25, 0.3) is 0 Å². The SMILES string of the molecule is Cc1csc2nc(-n3ccnc3C)nc(NCc3ccc(F)cc3)c12. The highest BCUT2D eigenvalue weighted by molar-refractivity contribution is 7.17. The van der Waals surface area contributed by atoms with E-state index < -0.39 is 0 Å². The third-order valence-corrected chi connectivity index (χ3v) is 5.01. The van der Waals surface area contributed by atoms with Crippen molar-refractivity contribution in [2.24, 2.45) is 0 Å². The maximum Gasteiger partial charge on any atom is 0.238 e. The quantitative estimate of drug-likeness (QED) is 0.596. The van der Waals surface area contributed by atoms with Gasteiger partial charge < -0.3 is 5.32 Å². The number of nitrogens with one attached hydrogen (secondary N) is 1. The Morgan fingerprint density at radius 1 is 1.16 bits per heavy atom. The monoisotopic (exact) mass is 353 g/mol. The molecule has 1 N–H and O–H groups in total. The number of halogens is 1. The van der Waals surface area contributed by atoms with E-state index in [-0.39, 0.29) is 5.82 Å². The highest BCUT2D eigenvalue weighted by atomic mass is 32.1. The Morgan fingerprint density at radius 3 is 2.68 bits per heavy atom. The second-order valence-electron chi connectivity index (χ2n) is 5.80. The first kappa shape index (κ1) is 15.7. The maximum atomic E-state index is 13.1. The van der Waals surface area contributed by atoms with Crippen LogP contribution in [0.15, 0.2) is 42.0 Å². The molecule has 7 heteroatoms. The summed E-state index contributed by atoms with van der Waals surface area (Å²) >= 11 is 1.59. The number of hydrogen-bond donors (Lipinski definition) is 1. The van der Waals surface area contributed by atoms with Crippen LogP contribution in [0.1, 0.15) is 17.0 Å². The molecule has 0 aliphatic carbocycles. The number of thiophene rings is 1. The third kappa shape index (κ3) is 2.98. The Hall–Kier alpha value is -2.80. The molecule has 0 fully saturated rings. The Labute approximate surface area is 148 Å². The van der Waals surface area contributed by atoms with E-state index in [0.717, 1.165) is 33.0 Å². The summed E-state index contributed by atoms with van der Waals surface area (Å²) in [5.74, 6) is 1.96. The van der Waals surface area contributed by atoms with E-state index in [1.54, 1.807) is 29.7 Å². The summed E-state index contributed by atoms with van der Waals surface area (Å²) in [5, 5.41) is 6.47. The average molecular weight is 353 g/mol. The van der Waals surface area contributed by atoms with Crippen molar-refractivity contribution in [1.82, 2.24) is 19.5 Å². The molecule has 0 aliphatic heterocycles. The topological polar surface area (TPSA) is 55.6 Å². The lowest BCUT2D eigenvalue weighted by molar-refractivity contribution is 0.627. The minimum absolute atomic E-state index is 0.236. The number of imidazole rings is 1. The van der Waals surface area contributed by atoms with E-state index >= 15 is 0 Å². The average Bonchev–Trinajstić information content (AvgIpc) is 3.20. The minimum atomic E-state index is -0.236. The van der Waals surface area contributed by atoms with Gasteiger partial charge >= 0.3 is 0 Å². The zero-order chi connectivity index (χ0) is 17.4. The molecule has 126 valence electrons. The number of nitrogens with zero attached hydrogens (tertiary/aromatic N) is 4. The first-order chi connectivity index (χ1) is 12.1. The lowest BCUT2D eigenvalue weighted by atomic mass is 10.2. The predicted molar refractivity (Wildman–Crippen MR) is 97.7 cm³/mol. The highest BCUT2D eigenvalue weighted by Crippen LogP contribution is 2.30. The lowest BCUT2D eigenvalue weighted by Crippen LogP contribution is -2.07. The molecule has 0 saturated carbocycles. The molecule has 4 aromatic rings. The van der Waals surface area contributed by atoms with Crippen molar-refractivity contribution < 1.29 is 4.39 Å². The Kier molecular flexibility index (Phi) is 3.93. The molecule has 0 bridgehead atoms. The summed E-state index contributed by atoms with van der Waals surface area (Å²) in [6.45, 7) is 4.52. The molecule has 0 aliphatic rings. The summed E-state index contributed by atoms with van der Waals surface area (Å²) < 4.78 is 14.9. The van der Waals surface area contributed by atoms with Gasteiger partial charge in [-0.2, -0.15) is 4.98 Å². The van der Waals surface area contributed by atoms with Crippen molar-refractivity contribution in [3.63, 3.8) is 0 Å². The zero-order valence-corrected chi connectivity index (χ0v) is 14.6. The summed E-state index contributed by atoms with van der Waals surface area (Å²) in [4.78, 5) is 14.5. The van der Waals surface area contributed by atoms with Crippen LogP contribution in [0.25, 0.3) is 16.2 Å². The molecule has 0 spiro atoms. The number of aromatic nitrogens is 4. The molecule has 4 rings (SSSR count). The standard InChI is InChI=1S/C18H16FN5S/c1-11-10-25-17-15(11)16(21-9-13-3-5-14(19)6-4-13)22-18(23-17)24-8-7-20-12(24)2/h3-8,10H,9H2,1-2H3,(H,21,22,23). The van der Waals surface area contributed by atoms with Gasteiger partial charge in [0.15, 0.2) is 0 Å². The number of hydrogen-bond acceptors (Lipinski definition) is 5. The van der Waals surface area contributed by atoms with Crippen LogP contribution >= 0.6 is 11.3 Å². The smallest absolute Gasteiger partial charge is 0.238 e. The van der Waals surface area contributed by atoms with Gasteiger partial charge in [-0.25, -0.2) is 14.4 Å². The van der Waals surface area contributed by atoms with Crippen LogP contribution in [0, 0.1) is 19.7 Å². The number of benzene rings is 1. The molecule has 5 nitrogen and oxygen atoms in total. The Balaban J connectivity index is 1.74. The first-order valence-corrected chi connectivity index (χ1v) is 8.74.